The molecule has 0 radical (unpaired) electrons. The van der Waals surface area contributed by atoms with E-state index < -0.39 is 0 Å². The van der Waals surface area contributed by atoms with E-state index >= 15 is 0 Å². The number of amides is 1. The number of hydrogen-bond donors (Lipinski definition) is 1. The van der Waals surface area contributed by atoms with Crippen molar-refractivity contribution in [2.24, 2.45) is 11.1 Å². The average molecular weight is 363 g/mol. The smallest absolute Gasteiger partial charge is 0.257 e. The highest BCUT2D eigenvalue weighted by atomic mass is 35.5. The molecule has 2 aromatic carbocycles. The summed E-state index contributed by atoms with van der Waals surface area (Å²) in [6.07, 6.45) is 0.865. The first-order chi connectivity index (χ1) is 11.9. The largest absolute Gasteiger partial charge is 0.457 e. The highest BCUT2D eigenvalue weighted by molar-refractivity contribution is 6.31. The first-order valence-corrected chi connectivity index (χ1v) is 8.50. The molecule has 6 heteroatoms. The van der Waals surface area contributed by atoms with Crippen molar-refractivity contribution in [3.05, 3.63) is 58.9 Å². The quantitative estimate of drug-likeness (QED) is 0.891. The SMILES string of the molecule is CC1(CN)CCN(C(=O)c2cc(Cl)ccc2Oc2ccc(F)cc2)C1. The van der Waals surface area contributed by atoms with Crippen LogP contribution >= 0.6 is 11.6 Å². The van der Waals surface area contributed by atoms with Crippen molar-refractivity contribution >= 4 is 17.5 Å². The summed E-state index contributed by atoms with van der Waals surface area (Å²) in [7, 11) is 0. The molecule has 1 fully saturated rings. The summed E-state index contributed by atoms with van der Waals surface area (Å²) in [4.78, 5) is 14.7. The zero-order chi connectivity index (χ0) is 18.0. The summed E-state index contributed by atoms with van der Waals surface area (Å²) in [5, 5.41) is 0.454. The average Bonchev–Trinajstić information content (AvgIpc) is 3.01. The van der Waals surface area contributed by atoms with Crippen molar-refractivity contribution in [3.63, 3.8) is 0 Å². The minimum Gasteiger partial charge on any atom is -0.457 e. The van der Waals surface area contributed by atoms with Crippen LogP contribution in [0, 0.1) is 11.2 Å². The Labute approximate surface area is 151 Å². The Kier molecular flexibility index (Phi) is 4.97. The van der Waals surface area contributed by atoms with Crippen molar-refractivity contribution in [2.75, 3.05) is 19.6 Å². The number of nitrogens with zero attached hydrogens (tertiary/aromatic N) is 1. The summed E-state index contributed by atoms with van der Waals surface area (Å²) in [6, 6.07) is 10.5. The zero-order valence-corrected chi connectivity index (χ0v) is 14.7. The molecule has 0 saturated carbocycles. The van der Waals surface area contributed by atoms with Crippen LogP contribution in [0.3, 0.4) is 0 Å². The summed E-state index contributed by atoms with van der Waals surface area (Å²) in [6.45, 7) is 3.86. The van der Waals surface area contributed by atoms with Gasteiger partial charge in [-0.25, -0.2) is 4.39 Å². The third kappa shape index (κ3) is 3.94. The van der Waals surface area contributed by atoms with Crippen molar-refractivity contribution in [1.29, 1.82) is 0 Å². The molecule has 0 bridgehead atoms. The monoisotopic (exact) mass is 362 g/mol. The third-order valence-electron chi connectivity index (χ3n) is 4.55. The van der Waals surface area contributed by atoms with Crippen LogP contribution in [-0.2, 0) is 0 Å². The summed E-state index contributed by atoms with van der Waals surface area (Å²) in [5.41, 5.74) is 6.15. The Bertz CT molecular complexity index is 781. The molecule has 1 unspecified atom stereocenters. The molecule has 3 rings (SSSR count). The number of carbonyl (C=O) groups is 1. The maximum Gasteiger partial charge on any atom is 0.257 e. The lowest BCUT2D eigenvalue weighted by molar-refractivity contribution is 0.0774. The molecule has 25 heavy (non-hydrogen) atoms. The van der Waals surface area contributed by atoms with Gasteiger partial charge in [0, 0.05) is 18.1 Å². The number of ether oxygens (including phenoxy) is 1. The number of halogens is 2. The fourth-order valence-electron chi connectivity index (χ4n) is 2.92. The molecule has 1 atom stereocenters. The van der Waals surface area contributed by atoms with Crippen LogP contribution < -0.4 is 10.5 Å². The number of likely N-dealkylation sites (tertiary alicyclic amines) is 1. The molecule has 2 N–H and O–H groups in total. The maximum absolute atomic E-state index is 13.1. The first-order valence-electron chi connectivity index (χ1n) is 8.12. The van der Waals surface area contributed by atoms with E-state index in [1.165, 1.54) is 24.3 Å². The summed E-state index contributed by atoms with van der Waals surface area (Å²) >= 11 is 6.08. The number of benzene rings is 2. The maximum atomic E-state index is 13.1. The summed E-state index contributed by atoms with van der Waals surface area (Å²) in [5.74, 6) is 0.350. The Morgan fingerprint density at radius 1 is 1.32 bits per heavy atom. The second-order valence-electron chi connectivity index (χ2n) is 6.69. The van der Waals surface area contributed by atoms with Crippen LogP contribution in [0.5, 0.6) is 11.5 Å². The predicted octanol–water partition coefficient (Wildman–Crippen LogP) is 4.08. The van der Waals surface area contributed by atoms with Crippen LogP contribution in [0.2, 0.25) is 5.02 Å². The Hall–Kier alpha value is -2.11. The minimum absolute atomic E-state index is 0.0633. The van der Waals surface area contributed by atoms with Crippen LogP contribution in [0.25, 0.3) is 0 Å². The third-order valence-corrected chi connectivity index (χ3v) is 4.79. The van der Waals surface area contributed by atoms with Gasteiger partial charge in [0.25, 0.3) is 5.91 Å². The standard InChI is InChI=1S/C19H20ClFN2O2/c1-19(11-22)8-9-23(12-19)18(24)16-10-13(20)2-7-17(16)25-15-5-3-14(21)4-6-15/h2-7,10H,8-9,11-12,22H2,1H3. The Morgan fingerprint density at radius 2 is 2.04 bits per heavy atom. The molecule has 4 nitrogen and oxygen atoms in total. The van der Waals surface area contributed by atoms with E-state index in [2.05, 4.69) is 6.92 Å². The molecule has 1 aliphatic heterocycles. The molecule has 1 saturated heterocycles. The number of hydrogen-bond acceptors (Lipinski definition) is 3. The fraction of sp³-hybridized carbons (Fsp3) is 0.316. The van der Waals surface area contributed by atoms with Gasteiger partial charge in [-0.1, -0.05) is 18.5 Å². The highest BCUT2D eigenvalue weighted by Gasteiger charge is 2.36. The van der Waals surface area contributed by atoms with Gasteiger partial charge in [0.2, 0.25) is 0 Å². The second kappa shape index (κ2) is 7.02. The van der Waals surface area contributed by atoms with Gasteiger partial charge < -0.3 is 15.4 Å². The van der Waals surface area contributed by atoms with Crippen molar-refractivity contribution in [1.82, 2.24) is 4.90 Å². The Balaban J connectivity index is 1.86. The van der Waals surface area contributed by atoms with Crippen LogP contribution in [0.1, 0.15) is 23.7 Å². The molecule has 1 heterocycles. The molecule has 0 aliphatic carbocycles. The van der Waals surface area contributed by atoms with Gasteiger partial charge in [-0.05, 0) is 60.8 Å². The Morgan fingerprint density at radius 3 is 2.68 bits per heavy atom. The van der Waals surface area contributed by atoms with E-state index in [1.807, 2.05) is 0 Å². The van der Waals surface area contributed by atoms with E-state index in [4.69, 9.17) is 22.1 Å². The molecule has 0 aromatic heterocycles. The molecule has 1 aliphatic rings. The van der Waals surface area contributed by atoms with Gasteiger partial charge in [-0.2, -0.15) is 0 Å². The zero-order valence-electron chi connectivity index (χ0n) is 14.0. The van der Waals surface area contributed by atoms with Gasteiger partial charge in [0.15, 0.2) is 0 Å². The fourth-order valence-corrected chi connectivity index (χ4v) is 3.09. The lowest BCUT2D eigenvalue weighted by atomic mass is 9.90. The molecular weight excluding hydrogens is 343 g/mol. The van der Waals surface area contributed by atoms with Crippen molar-refractivity contribution in [3.8, 4) is 11.5 Å². The highest BCUT2D eigenvalue weighted by Crippen LogP contribution is 2.33. The first kappa shape index (κ1) is 17.7. The second-order valence-corrected chi connectivity index (χ2v) is 7.12. The van der Waals surface area contributed by atoms with E-state index in [9.17, 15) is 9.18 Å². The topological polar surface area (TPSA) is 55.6 Å². The van der Waals surface area contributed by atoms with Gasteiger partial charge in [0.05, 0.1) is 5.56 Å². The van der Waals surface area contributed by atoms with Crippen molar-refractivity contribution < 1.29 is 13.9 Å². The predicted molar refractivity (Wildman–Crippen MR) is 95.6 cm³/mol. The van der Waals surface area contributed by atoms with Crippen molar-refractivity contribution in [2.45, 2.75) is 13.3 Å². The lowest BCUT2D eigenvalue weighted by Gasteiger charge is -2.23. The van der Waals surface area contributed by atoms with Gasteiger partial charge in [-0.3, -0.25) is 4.79 Å². The van der Waals surface area contributed by atoms with E-state index in [1.54, 1.807) is 23.1 Å². The number of rotatable bonds is 4. The lowest BCUT2D eigenvalue weighted by Crippen LogP contribution is -2.34. The van der Waals surface area contributed by atoms with E-state index in [-0.39, 0.29) is 17.1 Å². The molecule has 0 spiro atoms. The van der Waals surface area contributed by atoms with Crippen LogP contribution in [0.15, 0.2) is 42.5 Å². The van der Waals surface area contributed by atoms with Crippen LogP contribution in [-0.4, -0.2) is 30.4 Å². The van der Waals surface area contributed by atoms with Gasteiger partial charge in [-0.15, -0.1) is 0 Å². The van der Waals surface area contributed by atoms with E-state index in [0.29, 0.717) is 41.7 Å². The number of nitrogens with two attached hydrogens (primary N) is 1. The minimum atomic E-state index is -0.349. The molecule has 1 amide bonds. The van der Waals surface area contributed by atoms with E-state index in [0.717, 1.165) is 6.42 Å². The summed E-state index contributed by atoms with van der Waals surface area (Å²) < 4.78 is 18.8. The van der Waals surface area contributed by atoms with Gasteiger partial charge in [0.1, 0.15) is 17.3 Å². The number of carbonyl (C=O) groups excluding carboxylic acids is 1. The van der Waals surface area contributed by atoms with Gasteiger partial charge >= 0.3 is 0 Å². The van der Waals surface area contributed by atoms with Crippen LogP contribution in [0.4, 0.5) is 4.39 Å². The molecule has 2 aromatic rings. The molecular formula is C19H20ClFN2O2. The molecule has 132 valence electrons. The normalized spacial score (nSPS) is 19.9.